The van der Waals surface area contributed by atoms with Crippen LogP contribution in [0.15, 0.2) is 45.8 Å². The van der Waals surface area contributed by atoms with Crippen molar-refractivity contribution >= 4 is 50.7 Å². The maximum absolute atomic E-state index is 10.7. The van der Waals surface area contributed by atoms with Gasteiger partial charge in [0.1, 0.15) is 10.5 Å². The lowest BCUT2D eigenvalue weighted by atomic mass is 10.1. The number of nitrogens with zero attached hydrogens (tertiary/aromatic N) is 2. The van der Waals surface area contributed by atoms with E-state index in [4.69, 9.17) is 4.42 Å². The zero-order valence-electron chi connectivity index (χ0n) is 9.49. The largest absolute Gasteiger partial charge is 0.434 e. The molecule has 3 rings (SSSR count). The summed E-state index contributed by atoms with van der Waals surface area (Å²) in [7, 11) is 0. The summed E-state index contributed by atoms with van der Waals surface area (Å²) in [5.41, 5.74) is 1.19. The fraction of sp³-hybridized carbons (Fsp3) is 0. The molecule has 0 atom stereocenters. The average molecular weight is 270 g/mol. The number of aliphatic imine (C=N–C) groups is 1. The molecule has 0 saturated carbocycles. The molecule has 0 amide bonds. The van der Waals surface area contributed by atoms with Gasteiger partial charge in [-0.15, -0.1) is 0 Å². The molecule has 0 unspecified atom stereocenters. The van der Waals surface area contributed by atoms with Crippen molar-refractivity contribution in [2.45, 2.75) is 0 Å². The van der Waals surface area contributed by atoms with Crippen LogP contribution < -0.4 is 0 Å². The van der Waals surface area contributed by atoms with Crippen molar-refractivity contribution in [1.82, 2.24) is 0 Å². The van der Waals surface area contributed by atoms with Crippen molar-refractivity contribution in [3.63, 3.8) is 0 Å². The van der Waals surface area contributed by atoms with Gasteiger partial charge in [-0.25, -0.2) is 0 Å². The lowest BCUT2D eigenvalue weighted by molar-refractivity contribution is -0.401. The lowest BCUT2D eigenvalue weighted by Crippen LogP contribution is -1.82. The van der Waals surface area contributed by atoms with Crippen LogP contribution in [0.25, 0.3) is 21.7 Å². The molecule has 2 aromatic carbocycles. The Kier molecular flexibility index (Phi) is 2.59. The topological polar surface area (TPSA) is 68.6 Å². The van der Waals surface area contributed by atoms with E-state index in [1.165, 1.54) is 6.07 Å². The van der Waals surface area contributed by atoms with E-state index in [-0.39, 0.29) is 5.88 Å². The van der Waals surface area contributed by atoms with E-state index >= 15 is 0 Å². The summed E-state index contributed by atoms with van der Waals surface area (Å²) in [6.07, 6.45) is 0. The first-order valence-corrected chi connectivity index (χ1v) is 5.78. The fourth-order valence-corrected chi connectivity index (χ4v) is 2.14. The maximum Gasteiger partial charge on any atom is 0.434 e. The molecule has 1 heterocycles. The van der Waals surface area contributed by atoms with E-state index in [0.717, 1.165) is 10.8 Å². The highest BCUT2D eigenvalue weighted by molar-refractivity contribution is 7.78. The third kappa shape index (κ3) is 1.89. The Balaban J connectivity index is 2.33. The van der Waals surface area contributed by atoms with Gasteiger partial charge in [0, 0.05) is 5.39 Å². The number of hydrogen-bond acceptors (Lipinski definition) is 5. The smallest absolute Gasteiger partial charge is 0.401 e. The van der Waals surface area contributed by atoms with E-state index in [2.05, 4.69) is 22.4 Å². The highest BCUT2D eigenvalue weighted by Crippen LogP contribution is 2.32. The molecule has 92 valence electrons. The number of isothiocyanates is 1. The molecule has 0 spiro atoms. The Morgan fingerprint density at radius 1 is 1.21 bits per heavy atom. The Bertz CT molecular complexity index is 863. The third-order valence-electron chi connectivity index (χ3n) is 2.84. The first-order valence-electron chi connectivity index (χ1n) is 5.37. The standard InChI is InChI=1S/C13H6N2O3S/c16-15(17)13-6-11-10-3-2-9(14-7-19)5-8(10)1-4-12(11)18-13/h1-6H. The van der Waals surface area contributed by atoms with E-state index in [1.807, 2.05) is 18.2 Å². The number of nitro groups is 1. The number of furan rings is 1. The molecule has 0 radical (unpaired) electrons. The predicted molar refractivity (Wildman–Crippen MR) is 75.1 cm³/mol. The van der Waals surface area contributed by atoms with Gasteiger partial charge in [0.05, 0.1) is 16.9 Å². The summed E-state index contributed by atoms with van der Waals surface area (Å²) in [6.45, 7) is 0. The molecule has 1 aromatic heterocycles. The van der Waals surface area contributed by atoms with Crippen molar-refractivity contribution in [2.75, 3.05) is 0 Å². The summed E-state index contributed by atoms with van der Waals surface area (Å²) >= 11 is 4.56. The van der Waals surface area contributed by atoms with Crippen LogP contribution >= 0.6 is 12.2 Å². The minimum atomic E-state index is -0.545. The SMILES string of the molecule is O=[N+]([O-])c1cc2c(ccc3cc(N=C=S)ccc32)o1. The van der Waals surface area contributed by atoms with Gasteiger partial charge < -0.3 is 4.42 Å². The summed E-state index contributed by atoms with van der Waals surface area (Å²) in [5.74, 6) is -0.261. The average Bonchev–Trinajstić information content (AvgIpc) is 2.83. The second-order valence-electron chi connectivity index (χ2n) is 3.93. The van der Waals surface area contributed by atoms with E-state index in [0.29, 0.717) is 16.7 Å². The number of fused-ring (bicyclic) bond motifs is 3. The number of benzene rings is 2. The van der Waals surface area contributed by atoms with Crippen molar-refractivity contribution in [1.29, 1.82) is 0 Å². The molecule has 0 saturated heterocycles. The second-order valence-corrected chi connectivity index (χ2v) is 4.11. The van der Waals surface area contributed by atoms with Gasteiger partial charge in [-0.05, 0) is 41.2 Å². The molecule has 0 aliphatic carbocycles. The summed E-state index contributed by atoms with van der Waals surface area (Å²) < 4.78 is 5.16. The molecule has 3 aromatic rings. The summed E-state index contributed by atoms with van der Waals surface area (Å²) in [5, 5.41) is 15.5. The minimum Gasteiger partial charge on any atom is -0.401 e. The van der Waals surface area contributed by atoms with Crippen LogP contribution in [0.2, 0.25) is 0 Å². The fourth-order valence-electron chi connectivity index (χ4n) is 2.04. The molecule has 5 nitrogen and oxygen atoms in total. The maximum atomic E-state index is 10.7. The second kappa shape index (κ2) is 4.28. The van der Waals surface area contributed by atoms with Crippen LogP contribution in [-0.4, -0.2) is 10.1 Å². The van der Waals surface area contributed by atoms with Crippen LogP contribution in [0, 0.1) is 10.1 Å². The number of thiocarbonyl (C=S) groups is 1. The van der Waals surface area contributed by atoms with Gasteiger partial charge in [-0.3, -0.25) is 10.1 Å². The first-order chi connectivity index (χ1) is 9.19. The van der Waals surface area contributed by atoms with E-state index < -0.39 is 4.92 Å². The van der Waals surface area contributed by atoms with E-state index in [1.54, 1.807) is 12.1 Å². The Labute approximate surface area is 112 Å². The van der Waals surface area contributed by atoms with Crippen LogP contribution in [0.4, 0.5) is 11.6 Å². The van der Waals surface area contributed by atoms with Crippen molar-refractivity contribution in [3.05, 3.63) is 46.5 Å². The Morgan fingerprint density at radius 2 is 2.05 bits per heavy atom. The minimum absolute atomic E-state index is 0.261. The van der Waals surface area contributed by atoms with Crippen LogP contribution in [0.5, 0.6) is 0 Å². The third-order valence-corrected chi connectivity index (χ3v) is 2.93. The van der Waals surface area contributed by atoms with Gasteiger partial charge in [-0.1, -0.05) is 12.1 Å². The van der Waals surface area contributed by atoms with Gasteiger partial charge in [0.2, 0.25) is 0 Å². The first kappa shape index (κ1) is 11.5. The summed E-state index contributed by atoms with van der Waals surface area (Å²) in [6, 6.07) is 10.4. The number of hydrogen-bond donors (Lipinski definition) is 0. The zero-order chi connectivity index (χ0) is 13.4. The van der Waals surface area contributed by atoms with Crippen LogP contribution in [-0.2, 0) is 0 Å². The van der Waals surface area contributed by atoms with Gasteiger partial charge in [0.25, 0.3) is 0 Å². The van der Waals surface area contributed by atoms with E-state index in [9.17, 15) is 10.1 Å². The molecular weight excluding hydrogens is 264 g/mol. The molecule has 0 bridgehead atoms. The van der Waals surface area contributed by atoms with Gasteiger partial charge in [0.15, 0.2) is 0 Å². The molecule has 0 fully saturated rings. The van der Waals surface area contributed by atoms with Crippen LogP contribution in [0.1, 0.15) is 0 Å². The molecule has 19 heavy (non-hydrogen) atoms. The van der Waals surface area contributed by atoms with Crippen molar-refractivity contribution < 1.29 is 9.34 Å². The molecule has 0 aliphatic rings. The highest BCUT2D eigenvalue weighted by atomic mass is 32.1. The molecule has 6 heteroatoms. The predicted octanol–water partition coefficient (Wildman–Crippen LogP) is 4.23. The monoisotopic (exact) mass is 270 g/mol. The molecule has 0 aliphatic heterocycles. The van der Waals surface area contributed by atoms with Crippen molar-refractivity contribution in [2.24, 2.45) is 4.99 Å². The molecular formula is C13H6N2O3S. The van der Waals surface area contributed by atoms with Crippen LogP contribution in [0.3, 0.4) is 0 Å². The zero-order valence-corrected chi connectivity index (χ0v) is 10.3. The van der Waals surface area contributed by atoms with Crippen molar-refractivity contribution in [3.8, 4) is 0 Å². The van der Waals surface area contributed by atoms with Gasteiger partial charge in [-0.2, -0.15) is 4.99 Å². The molecule has 0 N–H and O–H groups in total. The normalized spacial score (nSPS) is 10.5. The Hall–Kier alpha value is -2.56. The van der Waals surface area contributed by atoms with Gasteiger partial charge >= 0.3 is 5.88 Å². The summed E-state index contributed by atoms with van der Waals surface area (Å²) in [4.78, 5) is 14.1. The lowest BCUT2D eigenvalue weighted by Gasteiger charge is -1.99. The quantitative estimate of drug-likeness (QED) is 0.302. The number of rotatable bonds is 2. The highest BCUT2D eigenvalue weighted by Gasteiger charge is 2.15. The Morgan fingerprint density at radius 3 is 2.79 bits per heavy atom.